The highest BCUT2D eigenvalue weighted by atomic mass is 32.2. The van der Waals surface area contributed by atoms with Gasteiger partial charge in [-0.2, -0.15) is 0 Å². The first-order chi connectivity index (χ1) is 15.3. The zero-order chi connectivity index (χ0) is 21.5. The quantitative estimate of drug-likeness (QED) is 0.281. The van der Waals surface area contributed by atoms with Gasteiger partial charge in [-0.1, -0.05) is 61.2 Å². The largest absolute Gasteiger partial charge is 0.378 e. The Morgan fingerprint density at radius 2 is 1.87 bits per heavy atom. The first kappa shape index (κ1) is 21.6. The molecule has 0 amide bonds. The zero-order valence-electron chi connectivity index (χ0n) is 17.9. The number of rotatable bonds is 9. The van der Waals surface area contributed by atoms with Crippen molar-refractivity contribution in [1.29, 1.82) is 0 Å². The summed E-state index contributed by atoms with van der Waals surface area (Å²) in [5.41, 5.74) is 3.14. The number of benzene rings is 2. The number of hydrogen-bond acceptors (Lipinski definition) is 6. The van der Waals surface area contributed by atoms with Crippen LogP contribution in [0.1, 0.15) is 35.7 Å². The molecule has 0 radical (unpaired) electrons. The molecule has 3 aromatic rings. The number of morpholine rings is 1. The monoisotopic (exact) mass is 436 g/mol. The molecule has 1 aliphatic rings. The van der Waals surface area contributed by atoms with E-state index in [4.69, 9.17) is 4.74 Å². The predicted octanol–water partition coefficient (Wildman–Crippen LogP) is 4.42. The molecule has 31 heavy (non-hydrogen) atoms. The van der Waals surface area contributed by atoms with Gasteiger partial charge in [-0.3, -0.25) is 9.36 Å². The molecule has 1 aromatic heterocycles. The SMILES string of the molecule is CCc1cccc(-n2c(SCCCC(=O)c3ccccc3)nnc2N2CCOCC2)c1. The summed E-state index contributed by atoms with van der Waals surface area (Å²) in [5, 5.41) is 9.90. The second-order valence-corrected chi connectivity index (χ2v) is 8.54. The summed E-state index contributed by atoms with van der Waals surface area (Å²) in [5.74, 6) is 1.86. The molecule has 0 bridgehead atoms. The molecule has 1 saturated heterocycles. The van der Waals surface area contributed by atoms with Gasteiger partial charge >= 0.3 is 0 Å². The fourth-order valence-corrected chi connectivity index (χ4v) is 4.52. The number of ether oxygens (including phenoxy) is 1. The Kier molecular flexibility index (Phi) is 7.38. The highest BCUT2D eigenvalue weighted by Gasteiger charge is 2.22. The summed E-state index contributed by atoms with van der Waals surface area (Å²) in [7, 11) is 0. The molecule has 2 aromatic carbocycles. The molecule has 0 saturated carbocycles. The highest BCUT2D eigenvalue weighted by Crippen LogP contribution is 2.28. The summed E-state index contributed by atoms with van der Waals surface area (Å²) >= 11 is 1.66. The molecule has 2 heterocycles. The van der Waals surface area contributed by atoms with Gasteiger partial charge in [-0.25, -0.2) is 0 Å². The Hall–Kier alpha value is -2.64. The van der Waals surface area contributed by atoms with Gasteiger partial charge in [-0.15, -0.1) is 10.2 Å². The summed E-state index contributed by atoms with van der Waals surface area (Å²) in [6, 6.07) is 18.0. The smallest absolute Gasteiger partial charge is 0.232 e. The molecular weight excluding hydrogens is 408 g/mol. The molecule has 6 nitrogen and oxygen atoms in total. The van der Waals surface area contributed by atoms with Crippen molar-refractivity contribution in [3.05, 3.63) is 65.7 Å². The molecular formula is C24H28N4O2S. The minimum Gasteiger partial charge on any atom is -0.378 e. The van der Waals surface area contributed by atoms with Crippen molar-refractivity contribution in [2.75, 3.05) is 37.0 Å². The van der Waals surface area contributed by atoms with E-state index in [1.54, 1.807) is 11.8 Å². The van der Waals surface area contributed by atoms with Crippen molar-refractivity contribution in [3.63, 3.8) is 0 Å². The molecule has 0 atom stereocenters. The molecule has 0 spiro atoms. The number of ketones is 1. The van der Waals surface area contributed by atoms with Crippen molar-refractivity contribution in [2.45, 2.75) is 31.3 Å². The van der Waals surface area contributed by atoms with Crippen LogP contribution >= 0.6 is 11.8 Å². The van der Waals surface area contributed by atoms with Crippen molar-refractivity contribution in [3.8, 4) is 5.69 Å². The van der Waals surface area contributed by atoms with Crippen molar-refractivity contribution < 1.29 is 9.53 Å². The van der Waals surface area contributed by atoms with Crippen LogP contribution in [0, 0.1) is 0 Å². The van der Waals surface area contributed by atoms with Gasteiger partial charge in [0.05, 0.1) is 18.9 Å². The third-order valence-electron chi connectivity index (χ3n) is 5.36. The van der Waals surface area contributed by atoms with Gasteiger partial charge in [0.1, 0.15) is 0 Å². The van der Waals surface area contributed by atoms with Crippen LogP contribution in [0.3, 0.4) is 0 Å². The minimum absolute atomic E-state index is 0.187. The van der Waals surface area contributed by atoms with Gasteiger partial charge in [0, 0.05) is 30.8 Å². The lowest BCUT2D eigenvalue weighted by Crippen LogP contribution is -2.37. The van der Waals surface area contributed by atoms with Gasteiger partial charge < -0.3 is 9.64 Å². The second kappa shape index (κ2) is 10.6. The second-order valence-electron chi connectivity index (χ2n) is 7.48. The average Bonchev–Trinajstić information content (AvgIpc) is 3.27. The lowest BCUT2D eigenvalue weighted by molar-refractivity contribution is 0.0982. The van der Waals surface area contributed by atoms with Crippen LogP contribution < -0.4 is 4.90 Å². The third kappa shape index (κ3) is 5.35. The Labute approximate surface area is 187 Å². The van der Waals surface area contributed by atoms with Crippen LogP contribution in [-0.4, -0.2) is 52.6 Å². The molecule has 1 fully saturated rings. The Morgan fingerprint density at radius 3 is 2.65 bits per heavy atom. The van der Waals surface area contributed by atoms with E-state index < -0.39 is 0 Å². The molecule has 0 aliphatic carbocycles. The van der Waals surface area contributed by atoms with E-state index in [0.29, 0.717) is 19.6 Å². The first-order valence-electron chi connectivity index (χ1n) is 10.8. The van der Waals surface area contributed by atoms with Gasteiger partial charge in [0.15, 0.2) is 10.9 Å². The van der Waals surface area contributed by atoms with Crippen LogP contribution in [0.5, 0.6) is 0 Å². The van der Waals surface area contributed by atoms with E-state index in [9.17, 15) is 4.79 Å². The number of hydrogen-bond donors (Lipinski definition) is 0. The van der Waals surface area contributed by atoms with Crippen molar-refractivity contribution in [1.82, 2.24) is 14.8 Å². The number of carbonyl (C=O) groups excluding carboxylic acids is 1. The van der Waals surface area contributed by atoms with Gasteiger partial charge in [0.2, 0.25) is 5.95 Å². The third-order valence-corrected chi connectivity index (χ3v) is 6.38. The van der Waals surface area contributed by atoms with E-state index in [0.717, 1.165) is 54.0 Å². The van der Waals surface area contributed by atoms with E-state index in [1.807, 2.05) is 30.3 Å². The maximum Gasteiger partial charge on any atom is 0.232 e. The maximum absolute atomic E-state index is 12.4. The van der Waals surface area contributed by atoms with Crippen molar-refractivity contribution in [2.24, 2.45) is 0 Å². The van der Waals surface area contributed by atoms with Gasteiger partial charge in [-0.05, 0) is 30.5 Å². The van der Waals surface area contributed by atoms with Crippen LogP contribution in [0.2, 0.25) is 0 Å². The fourth-order valence-electron chi connectivity index (χ4n) is 3.63. The average molecular weight is 437 g/mol. The first-order valence-corrected chi connectivity index (χ1v) is 11.8. The topological polar surface area (TPSA) is 60.2 Å². The number of nitrogens with zero attached hydrogens (tertiary/aromatic N) is 4. The van der Waals surface area contributed by atoms with Crippen molar-refractivity contribution >= 4 is 23.5 Å². The maximum atomic E-state index is 12.4. The summed E-state index contributed by atoms with van der Waals surface area (Å²) in [6.07, 6.45) is 2.31. The standard InChI is InChI=1S/C24H28N4O2S/c1-2-19-8-6-11-21(18-19)28-23(27-13-15-30-16-14-27)25-26-24(28)31-17-7-12-22(29)20-9-4-3-5-10-20/h3-6,8-11,18H,2,7,12-17H2,1H3. The van der Waals surface area contributed by atoms with Crippen LogP contribution in [0.25, 0.3) is 5.69 Å². The van der Waals surface area contributed by atoms with Crippen LogP contribution in [0.15, 0.2) is 59.8 Å². The Bertz CT molecular complexity index is 1000. The van der Waals surface area contributed by atoms with E-state index in [2.05, 4.69) is 50.9 Å². The minimum atomic E-state index is 0.187. The molecule has 7 heteroatoms. The van der Waals surface area contributed by atoms with E-state index in [1.165, 1.54) is 5.56 Å². The van der Waals surface area contributed by atoms with Crippen LogP contribution in [-0.2, 0) is 11.2 Å². The fraction of sp³-hybridized carbons (Fsp3) is 0.375. The number of carbonyl (C=O) groups is 1. The molecule has 162 valence electrons. The lowest BCUT2D eigenvalue weighted by atomic mass is 10.1. The van der Waals surface area contributed by atoms with Gasteiger partial charge in [0.25, 0.3) is 0 Å². The van der Waals surface area contributed by atoms with Crippen LogP contribution in [0.4, 0.5) is 5.95 Å². The predicted molar refractivity (Wildman–Crippen MR) is 124 cm³/mol. The summed E-state index contributed by atoms with van der Waals surface area (Å²) in [6.45, 7) is 5.18. The molecule has 0 N–H and O–H groups in total. The van der Waals surface area contributed by atoms with E-state index in [-0.39, 0.29) is 5.78 Å². The highest BCUT2D eigenvalue weighted by molar-refractivity contribution is 7.99. The number of aromatic nitrogens is 3. The number of anilines is 1. The molecule has 4 rings (SSSR count). The Morgan fingerprint density at radius 1 is 1.06 bits per heavy atom. The molecule has 0 unspecified atom stereocenters. The zero-order valence-corrected chi connectivity index (χ0v) is 18.7. The number of aryl methyl sites for hydroxylation is 1. The van der Waals surface area contributed by atoms with E-state index >= 15 is 0 Å². The Balaban J connectivity index is 1.49. The summed E-state index contributed by atoms with van der Waals surface area (Å²) in [4.78, 5) is 14.6. The number of Topliss-reactive ketones (excluding diaryl/α,β-unsaturated/α-hetero) is 1. The molecule has 1 aliphatic heterocycles. The summed E-state index contributed by atoms with van der Waals surface area (Å²) < 4.78 is 7.66. The number of thioether (sulfide) groups is 1. The normalized spacial score (nSPS) is 14.0. The lowest BCUT2D eigenvalue weighted by Gasteiger charge is -2.28.